The van der Waals surface area contributed by atoms with Crippen LogP contribution < -0.4 is 18.9 Å². The molecule has 3 aromatic carbocycles. The maximum atomic E-state index is 10.7. The molecule has 4 N–H and O–H groups in total. The second-order valence-corrected chi connectivity index (χ2v) is 6.94. The quantitative estimate of drug-likeness (QED) is 0.399. The lowest BCUT2D eigenvalue weighted by Crippen LogP contribution is -2.22. The maximum Gasteiger partial charge on any atom is 0.211 e. The second kappa shape index (κ2) is 10.2. The molecule has 170 valence electrons. The zero-order chi connectivity index (χ0) is 23.3. The Kier molecular flexibility index (Phi) is 7.42. The number of methoxy groups -OCH3 is 3. The Labute approximate surface area is 185 Å². The molecule has 0 fully saturated rings. The van der Waals surface area contributed by atoms with Gasteiger partial charge in [0, 0.05) is 0 Å². The highest BCUT2D eigenvalue weighted by Gasteiger charge is 2.24. The average molecular weight is 442 g/mol. The van der Waals surface area contributed by atoms with Gasteiger partial charge >= 0.3 is 0 Å². The van der Waals surface area contributed by atoms with Gasteiger partial charge in [-0.2, -0.15) is 0 Å². The van der Waals surface area contributed by atoms with Crippen molar-refractivity contribution < 1.29 is 39.4 Å². The summed E-state index contributed by atoms with van der Waals surface area (Å²) in [4.78, 5) is 0. The van der Waals surface area contributed by atoms with Crippen molar-refractivity contribution in [3.05, 3.63) is 60.2 Å². The van der Waals surface area contributed by atoms with Crippen LogP contribution in [0.25, 0.3) is 11.1 Å². The number of aliphatic hydroxyl groups excluding tert-OH is 3. The minimum Gasteiger partial charge on any atom is -0.502 e. The Hall–Kier alpha value is -3.46. The molecule has 0 aromatic heterocycles. The molecule has 0 unspecified atom stereocenters. The Bertz CT molecular complexity index is 1030. The lowest BCUT2D eigenvalue weighted by molar-refractivity contribution is -0.0154. The van der Waals surface area contributed by atoms with Crippen molar-refractivity contribution in [2.45, 2.75) is 12.2 Å². The molecule has 32 heavy (non-hydrogen) atoms. The van der Waals surface area contributed by atoms with E-state index in [0.29, 0.717) is 0 Å². The Morgan fingerprint density at radius 2 is 1.31 bits per heavy atom. The number of hydrogen-bond acceptors (Lipinski definition) is 8. The van der Waals surface area contributed by atoms with Gasteiger partial charge in [0.15, 0.2) is 23.0 Å². The van der Waals surface area contributed by atoms with Gasteiger partial charge in [-0.1, -0.05) is 30.3 Å². The SMILES string of the molecule is COc1cc(-c2ccccc2)cc(Oc2c(OC)cc([C@@H](O)[C@H](O)CO)cc2OC)c1O. The standard InChI is InChI=1S/C24H26O8/c1-29-18-9-15(14-7-5-4-6-8-14)10-19(23(18)28)32-24-20(30-2)11-16(12-21(24)31-3)22(27)17(26)13-25/h4-12,17,22,25-28H,13H2,1-3H3/t17-,22-/m1/s1. The first-order valence-corrected chi connectivity index (χ1v) is 9.80. The molecule has 0 spiro atoms. The van der Waals surface area contributed by atoms with Crippen molar-refractivity contribution in [2.75, 3.05) is 27.9 Å². The predicted molar refractivity (Wildman–Crippen MR) is 118 cm³/mol. The van der Waals surface area contributed by atoms with Gasteiger partial charge in [0.05, 0.1) is 27.9 Å². The zero-order valence-electron chi connectivity index (χ0n) is 18.0. The fraction of sp³-hybridized carbons (Fsp3) is 0.250. The fourth-order valence-corrected chi connectivity index (χ4v) is 3.22. The Morgan fingerprint density at radius 1 is 0.750 bits per heavy atom. The molecule has 2 atom stereocenters. The molecule has 8 heteroatoms. The Morgan fingerprint density at radius 3 is 1.84 bits per heavy atom. The summed E-state index contributed by atoms with van der Waals surface area (Å²) in [7, 11) is 4.25. The Balaban J connectivity index is 2.09. The maximum absolute atomic E-state index is 10.7. The van der Waals surface area contributed by atoms with Gasteiger partial charge in [-0.15, -0.1) is 0 Å². The van der Waals surface area contributed by atoms with Crippen LogP contribution in [0.1, 0.15) is 11.7 Å². The fourth-order valence-electron chi connectivity index (χ4n) is 3.22. The predicted octanol–water partition coefficient (Wildman–Crippen LogP) is 3.26. The first-order valence-electron chi connectivity index (χ1n) is 9.80. The van der Waals surface area contributed by atoms with Gasteiger partial charge in [-0.05, 0) is 41.0 Å². The van der Waals surface area contributed by atoms with Crippen LogP contribution in [0.2, 0.25) is 0 Å². The number of ether oxygens (including phenoxy) is 4. The smallest absolute Gasteiger partial charge is 0.211 e. The van der Waals surface area contributed by atoms with Crippen molar-refractivity contribution in [1.29, 1.82) is 0 Å². The number of hydrogen-bond donors (Lipinski definition) is 4. The first-order chi connectivity index (χ1) is 15.4. The number of rotatable bonds is 9. The molecule has 8 nitrogen and oxygen atoms in total. The van der Waals surface area contributed by atoms with Crippen LogP contribution >= 0.6 is 0 Å². The molecule has 0 aliphatic carbocycles. The van der Waals surface area contributed by atoms with Crippen molar-refractivity contribution in [1.82, 2.24) is 0 Å². The van der Waals surface area contributed by atoms with E-state index < -0.39 is 18.8 Å². The van der Waals surface area contributed by atoms with Crippen LogP contribution in [0.5, 0.6) is 34.5 Å². The molecule has 0 amide bonds. The van der Waals surface area contributed by atoms with Crippen molar-refractivity contribution in [3.8, 4) is 45.6 Å². The number of aliphatic hydroxyl groups is 3. The normalized spacial score (nSPS) is 12.7. The summed E-state index contributed by atoms with van der Waals surface area (Å²) in [6, 6.07) is 15.8. The van der Waals surface area contributed by atoms with Crippen LogP contribution in [0, 0.1) is 0 Å². The van der Waals surface area contributed by atoms with E-state index >= 15 is 0 Å². The zero-order valence-corrected chi connectivity index (χ0v) is 18.0. The van der Waals surface area contributed by atoms with E-state index in [1.54, 1.807) is 12.1 Å². The highest BCUT2D eigenvalue weighted by Crippen LogP contribution is 2.48. The monoisotopic (exact) mass is 442 g/mol. The van der Waals surface area contributed by atoms with Gasteiger partial charge in [-0.3, -0.25) is 0 Å². The highest BCUT2D eigenvalue weighted by atomic mass is 16.5. The van der Waals surface area contributed by atoms with Crippen LogP contribution in [0.15, 0.2) is 54.6 Å². The highest BCUT2D eigenvalue weighted by molar-refractivity contribution is 5.71. The van der Waals surface area contributed by atoms with E-state index in [4.69, 9.17) is 24.1 Å². The third-order valence-corrected chi connectivity index (χ3v) is 4.96. The number of phenols is 1. The summed E-state index contributed by atoms with van der Waals surface area (Å²) in [5.74, 6) is 0.628. The molecular weight excluding hydrogens is 416 g/mol. The number of aromatic hydroxyl groups is 1. The van der Waals surface area contributed by atoms with Crippen LogP contribution in [-0.2, 0) is 0 Å². The van der Waals surface area contributed by atoms with Gasteiger partial charge < -0.3 is 39.4 Å². The van der Waals surface area contributed by atoms with E-state index in [9.17, 15) is 15.3 Å². The molecular formula is C24H26O8. The lowest BCUT2D eigenvalue weighted by Gasteiger charge is -2.21. The molecule has 0 aliphatic rings. The van der Waals surface area contributed by atoms with Gasteiger partial charge in [0.1, 0.15) is 12.2 Å². The number of phenolic OH excluding ortho intramolecular Hbond substituents is 1. The van der Waals surface area contributed by atoms with E-state index in [1.165, 1.54) is 33.5 Å². The molecule has 0 radical (unpaired) electrons. The molecule has 0 saturated carbocycles. The van der Waals surface area contributed by atoms with Crippen LogP contribution in [0.3, 0.4) is 0 Å². The first kappa shape index (κ1) is 23.2. The van der Waals surface area contributed by atoms with E-state index in [2.05, 4.69) is 0 Å². The summed E-state index contributed by atoms with van der Waals surface area (Å²) < 4.78 is 22.1. The minimum absolute atomic E-state index is 0.100. The summed E-state index contributed by atoms with van der Waals surface area (Å²) in [5.41, 5.74) is 1.91. The summed E-state index contributed by atoms with van der Waals surface area (Å²) in [5, 5.41) is 39.8. The second-order valence-electron chi connectivity index (χ2n) is 6.94. The summed E-state index contributed by atoms with van der Waals surface area (Å²) in [6.07, 6.45) is -2.75. The largest absolute Gasteiger partial charge is 0.502 e. The topological polar surface area (TPSA) is 118 Å². The van der Waals surface area contributed by atoms with Crippen molar-refractivity contribution in [3.63, 3.8) is 0 Å². The molecule has 3 rings (SSSR count). The van der Waals surface area contributed by atoms with Crippen molar-refractivity contribution in [2.24, 2.45) is 0 Å². The van der Waals surface area contributed by atoms with Gasteiger partial charge in [0.25, 0.3) is 0 Å². The molecule has 0 aliphatic heterocycles. The van der Waals surface area contributed by atoms with Gasteiger partial charge in [-0.25, -0.2) is 0 Å². The third kappa shape index (κ3) is 4.72. The minimum atomic E-state index is -1.38. The molecule has 3 aromatic rings. The van der Waals surface area contributed by atoms with E-state index in [0.717, 1.165) is 11.1 Å². The molecule has 0 bridgehead atoms. The summed E-state index contributed by atoms with van der Waals surface area (Å²) in [6.45, 7) is -0.621. The van der Waals surface area contributed by atoms with E-state index in [1.807, 2.05) is 30.3 Å². The molecule has 0 heterocycles. The average Bonchev–Trinajstić information content (AvgIpc) is 2.84. The van der Waals surface area contributed by atoms with E-state index in [-0.39, 0.29) is 40.1 Å². The third-order valence-electron chi connectivity index (χ3n) is 4.96. The van der Waals surface area contributed by atoms with Gasteiger partial charge in [0.2, 0.25) is 11.5 Å². The van der Waals surface area contributed by atoms with Crippen LogP contribution in [0.4, 0.5) is 0 Å². The lowest BCUT2D eigenvalue weighted by atomic mass is 10.0. The summed E-state index contributed by atoms with van der Waals surface area (Å²) >= 11 is 0. The van der Waals surface area contributed by atoms with Crippen molar-refractivity contribution >= 4 is 0 Å². The number of benzene rings is 3. The van der Waals surface area contributed by atoms with Crippen LogP contribution in [-0.4, -0.2) is 54.5 Å². The molecule has 0 saturated heterocycles.